The highest BCUT2D eigenvalue weighted by atomic mass is 32.2. The maximum atomic E-state index is 12.0. The van der Waals surface area contributed by atoms with Gasteiger partial charge in [-0.15, -0.1) is 0 Å². The third kappa shape index (κ3) is 3.22. The summed E-state index contributed by atoms with van der Waals surface area (Å²) in [5.41, 5.74) is 1.41. The topological polar surface area (TPSA) is 100 Å². The standard InChI is InChI=1S/C15H15N3O5S2/c1-18-11-7-5-4-6-9(11)10(16-18)8-23-13-12(14(19)22-2)15(24-17-13)25(3,20)21/h4-7H,8H2,1-3H3. The van der Waals surface area contributed by atoms with Gasteiger partial charge in [0.1, 0.15) is 12.3 Å². The third-order valence-electron chi connectivity index (χ3n) is 3.54. The number of hydrogen-bond donors (Lipinski definition) is 0. The van der Waals surface area contributed by atoms with Crippen LogP contribution in [0.2, 0.25) is 0 Å². The molecule has 0 aliphatic heterocycles. The fourth-order valence-corrected chi connectivity index (χ4v) is 4.18. The molecule has 0 N–H and O–H groups in total. The van der Waals surface area contributed by atoms with Gasteiger partial charge in [0.15, 0.2) is 19.6 Å². The van der Waals surface area contributed by atoms with Crippen LogP contribution in [-0.4, -0.2) is 41.9 Å². The highest BCUT2D eigenvalue weighted by Crippen LogP contribution is 2.31. The molecular formula is C15H15N3O5S2. The molecule has 0 saturated carbocycles. The number of carbonyl (C=O) groups is 1. The lowest BCUT2D eigenvalue weighted by atomic mass is 10.2. The number of para-hydroxylation sites is 1. The molecule has 3 aromatic rings. The van der Waals surface area contributed by atoms with Crippen molar-refractivity contribution < 1.29 is 22.7 Å². The number of benzene rings is 1. The van der Waals surface area contributed by atoms with Crippen LogP contribution in [0.15, 0.2) is 28.5 Å². The molecule has 10 heteroatoms. The van der Waals surface area contributed by atoms with Crippen molar-refractivity contribution in [1.82, 2.24) is 14.2 Å². The highest BCUT2D eigenvalue weighted by Gasteiger charge is 2.29. The molecule has 0 atom stereocenters. The third-order valence-corrected chi connectivity index (χ3v) is 6.17. The Balaban J connectivity index is 1.96. The first-order valence-corrected chi connectivity index (χ1v) is 9.81. The number of aryl methyl sites for hydroxylation is 1. The van der Waals surface area contributed by atoms with Gasteiger partial charge in [0.2, 0.25) is 5.88 Å². The Hall–Kier alpha value is -2.46. The molecule has 1 aromatic carbocycles. The number of carbonyl (C=O) groups excluding carboxylic acids is 1. The van der Waals surface area contributed by atoms with Crippen LogP contribution in [0.1, 0.15) is 16.1 Å². The van der Waals surface area contributed by atoms with E-state index in [0.717, 1.165) is 17.2 Å². The number of hydrogen-bond acceptors (Lipinski definition) is 8. The van der Waals surface area contributed by atoms with E-state index in [9.17, 15) is 13.2 Å². The molecule has 25 heavy (non-hydrogen) atoms. The molecule has 3 rings (SSSR count). The van der Waals surface area contributed by atoms with E-state index in [0.29, 0.717) is 17.2 Å². The van der Waals surface area contributed by atoms with E-state index in [-0.39, 0.29) is 22.3 Å². The summed E-state index contributed by atoms with van der Waals surface area (Å²) in [5, 5.41) is 5.29. The molecule has 0 amide bonds. The van der Waals surface area contributed by atoms with E-state index in [2.05, 4.69) is 14.2 Å². The normalized spacial score (nSPS) is 11.6. The first-order chi connectivity index (χ1) is 11.8. The van der Waals surface area contributed by atoms with Crippen LogP contribution in [0.3, 0.4) is 0 Å². The molecule has 0 saturated heterocycles. The Bertz CT molecular complexity index is 1050. The summed E-state index contributed by atoms with van der Waals surface area (Å²) in [4.78, 5) is 12.0. The first-order valence-electron chi connectivity index (χ1n) is 7.14. The van der Waals surface area contributed by atoms with Crippen molar-refractivity contribution in [2.45, 2.75) is 10.8 Å². The summed E-state index contributed by atoms with van der Waals surface area (Å²) in [6, 6.07) is 7.63. The molecular weight excluding hydrogens is 366 g/mol. The lowest BCUT2D eigenvalue weighted by molar-refractivity contribution is 0.0591. The minimum Gasteiger partial charge on any atom is -0.470 e. The van der Waals surface area contributed by atoms with Gasteiger partial charge in [-0.1, -0.05) is 18.2 Å². The Kier molecular flexibility index (Phi) is 4.48. The SMILES string of the molecule is COC(=O)c1c(OCc2nn(C)c3ccccc23)nsc1S(C)(=O)=O. The Morgan fingerprint density at radius 1 is 1.32 bits per heavy atom. The minimum atomic E-state index is -3.63. The van der Waals surface area contributed by atoms with Gasteiger partial charge in [-0.05, 0) is 17.6 Å². The maximum Gasteiger partial charge on any atom is 0.345 e. The van der Waals surface area contributed by atoms with Gasteiger partial charge >= 0.3 is 5.97 Å². The molecule has 0 bridgehead atoms. The number of fused-ring (bicyclic) bond motifs is 1. The van der Waals surface area contributed by atoms with Crippen molar-refractivity contribution in [1.29, 1.82) is 0 Å². The van der Waals surface area contributed by atoms with Crippen molar-refractivity contribution in [3.8, 4) is 5.88 Å². The number of methoxy groups -OCH3 is 1. The van der Waals surface area contributed by atoms with E-state index in [1.54, 1.807) is 4.68 Å². The van der Waals surface area contributed by atoms with E-state index < -0.39 is 15.8 Å². The number of esters is 1. The zero-order chi connectivity index (χ0) is 18.2. The van der Waals surface area contributed by atoms with Crippen molar-refractivity contribution in [3.63, 3.8) is 0 Å². The monoisotopic (exact) mass is 381 g/mol. The predicted octanol–water partition coefficient (Wildman–Crippen LogP) is 1.80. The summed E-state index contributed by atoms with van der Waals surface area (Å²) in [6.45, 7) is 0.0400. The second-order valence-corrected chi connectivity index (χ2v) is 8.27. The van der Waals surface area contributed by atoms with Gasteiger partial charge in [0.05, 0.1) is 12.6 Å². The van der Waals surface area contributed by atoms with Crippen molar-refractivity contribution in [2.24, 2.45) is 7.05 Å². The summed E-state index contributed by atoms with van der Waals surface area (Å²) in [5.74, 6) is -0.887. The van der Waals surface area contributed by atoms with Gasteiger partial charge in [-0.3, -0.25) is 4.68 Å². The molecule has 0 radical (unpaired) electrons. The lowest BCUT2D eigenvalue weighted by Crippen LogP contribution is -2.09. The van der Waals surface area contributed by atoms with E-state index >= 15 is 0 Å². The quantitative estimate of drug-likeness (QED) is 0.621. The minimum absolute atomic E-state index is 0.0400. The molecule has 2 aromatic heterocycles. The summed E-state index contributed by atoms with van der Waals surface area (Å²) in [7, 11) is -0.641. The molecule has 0 unspecified atom stereocenters. The van der Waals surface area contributed by atoms with Crippen molar-refractivity contribution in [3.05, 3.63) is 35.5 Å². The van der Waals surface area contributed by atoms with Crippen LogP contribution in [-0.2, 0) is 28.2 Å². The Labute approximate surface area is 148 Å². The lowest BCUT2D eigenvalue weighted by Gasteiger charge is -2.05. The predicted molar refractivity (Wildman–Crippen MR) is 91.6 cm³/mol. The Morgan fingerprint density at radius 2 is 2.04 bits per heavy atom. The molecule has 0 aliphatic carbocycles. The van der Waals surface area contributed by atoms with Gasteiger partial charge in [-0.2, -0.15) is 9.47 Å². The van der Waals surface area contributed by atoms with E-state index in [4.69, 9.17) is 4.74 Å². The van der Waals surface area contributed by atoms with Gasteiger partial charge in [0.25, 0.3) is 0 Å². The largest absolute Gasteiger partial charge is 0.470 e. The fraction of sp³-hybridized carbons (Fsp3) is 0.267. The number of rotatable bonds is 5. The average molecular weight is 381 g/mol. The molecule has 8 nitrogen and oxygen atoms in total. The maximum absolute atomic E-state index is 12.0. The molecule has 2 heterocycles. The van der Waals surface area contributed by atoms with Crippen LogP contribution in [0.4, 0.5) is 0 Å². The van der Waals surface area contributed by atoms with Crippen LogP contribution in [0.5, 0.6) is 5.88 Å². The van der Waals surface area contributed by atoms with Crippen LogP contribution < -0.4 is 4.74 Å². The molecule has 0 spiro atoms. The molecule has 0 fully saturated rings. The second-order valence-electron chi connectivity index (χ2n) is 5.29. The zero-order valence-electron chi connectivity index (χ0n) is 13.7. The number of nitrogens with zero attached hydrogens (tertiary/aromatic N) is 3. The number of ether oxygens (including phenoxy) is 2. The smallest absolute Gasteiger partial charge is 0.345 e. The van der Waals surface area contributed by atoms with Crippen molar-refractivity contribution >= 4 is 38.2 Å². The second kappa shape index (κ2) is 6.45. The van der Waals surface area contributed by atoms with Gasteiger partial charge < -0.3 is 9.47 Å². The zero-order valence-corrected chi connectivity index (χ0v) is 15.3. The molecule has 132 valence electrons. The van der Waals surface area contributed by atoms with Crippen molar-refractivity contribution in [2.75, 3.05) is 13.4 Å². The van der Waals surface area contributed by atoms with Gasteiger partial charge in [-0.25, -0.2) is 13.2 Å². The summed E-state index contributed by atoms with van der Waals surface area (Å²) in [6.07, 6.45) is 1.00. The summed E-state index contributed by atoms with van der Waals surface area (Å²) < 4.78 is 39.4. The van der Waals surface area contributed by atoms with Crippen LogP contribution in [0, 0.1) is 0 Å². The van der Waals surface area contributed by atoms with E-state index in [1.165, 1.54) is 7.11 Å². The highest BCUT2D eigenvalue weighted by molar-refractivity contribution is 7.92. The van der Waals surface area contributed by atoms with Gasteiger partial charge in [0, 0.05) is 18.7 Å². The average Bonchev–Trinajstić information content (AvgIpc) is 3.14. The van der Waals surface area contributed by atoms with E-state index in [1.807, 2.05) is 31.3 Å². The summed E-state index contributed by atoms with van der Waals surface area (Å²) >= 11 is 0.681. The number of aromatic nitrogens is 3. The first kappa shape index (κ1) is 17.4. The molecule has 0 aliphatic rings. The Morgan fingerprint density at radius 3 is 2.72 bits per heavy atom. The fourth-order valence-electron chi connectivity index (χ4n) is 2.42. The van der Waals surface area contributed by atoms with Crippen LogP contribution >= 0.6 is 11.5 Å². The number of sulfone groups is 1. The van der Waals surface area contributed by atoms with Crippen LogP contribution in [0.25, 0.3) is 10.9 Å².